The number of nitrogens with one attached hydrogen (secondary N) is 1. The van der Waals surface area contributed by atoms with E-state index in [0.717, 1.165) is 23.9 Å². The average Bonchev–Trinajstić information content (AvgIpc) is 2.26. The molecule has 1 aromatic carbocycles. The maximum absolute atomic E-state index is 12.6. The second-order valence-electron chi connectivity index (χ2n) is 3.66. The third kappa shape index (κ3) is 5.83. The van der Waals surface area contributed by atoms with Gasteiger partial charge in [0.25, 0.3) is 0 Å². The van der Waals surface area contributed by atoms with E-state index in [9.17, 15) is 22.8 Å². The summed E-state index contributed by atoms with van der Waals surface area (Å²) in [7, 11) is 0. The van der Waals surface area contributed by atoms with Gasteiger partial charge in [-0.3, -0.25) is 9.59 Å². The second kappa shape index (κ2) is 6.98. The average molecular weight is 372 g/mol. The minimum atomic E-state index is -4.51. The van der Waals surface area contributed by atoms with Crippen LogP contribution in [0.15, 0.2) is 22.7 Å². The van der Waals surface area contributed by atoms with Gasteiger partial charge in [-0.1, -0.05) is 15.9 Å². The van der Waals surface area contributed by atoms with E-state index in [0.29, 0.717) is 0 Å². The Bertz CT molecular complexity index is 522. The number of alkyl halides is 3. The second-order valence-corrected chi connectivity index (χ2v) is 5.56. The van der Waals surface area contributed by atoms with E-state index in [2.05, 4.69) is 21.2 Å². The van der Waals surface area contributed by atoms with Gasteiger partial charge in [0.05, 0.1) is 17.1 Å². The number of thioether (sulfide) groups is 1. The third-order valence-corrected chi connectivity index (χ3v) is 3.34. The lowest BCUT2D eigenvalue weighted by atomic mass is 10.2. The Hall–Kier alpha value is -1.22. The van der Waals surface area contributed by atoms with Crippen LogP contribution in [-0.4, -0.2) is 28.5 Å². The zero-order valence-corrected chi connectivity index (χ0v) is 12.2. The monoisotopic (exact) mass is 371 g/mol. The van der Waals surface area contributed by atoms with Crippen molar-refractivity contribution in [2.24, 2.45) is 0 Å². The minimum Gasteiger partial charge on any atom is -0.481 e. The standard InChI is InChI=1S/C11H9BrF3NO3S/c12-7-1-6(11(13,14)15)2-8(3-7)16-9(17)4-20-5-10(18)19/h1-3H,4-5H2,(H,16,17)(H,18,19). The van der Waals surface area contributed by atoms with Crippen LogP contribution in [0.4, 0.5) is 18.9 Å². The van der Waals surface area contributed by atoms with Crippen LogP contribution in [0.1, 0.15) is 5.56 Å². The zero-order valence-electron chi connectivity index (χ0n) is 9.83. The SMILES string of the molecule is O=C(O)CSCC(=O)Nc1cc(Br)cc(C(F)(F)F)c1. The number of rotatable bonds is 5. The van der Waals surface area contributed by atoms with E-state index in [-0.39, 0.29) is 21.7 Å². The number of carboxylic acids is 1. The Labute approximate surface area is 124 Å². The third-order valence-electron chi connectivity index (χ3n) is 1.97. The van der Waals surface area contributed by atoms with Crippen LogP contribution in [0.3, 0.4) is 0 Å². The Morgan fingerprint density at radius 1 is 1.25 bits per heavy atom. The molecule has 1 aromatic rings. The van der Waals surface area contributed by atoms with Crippen molar-refractivity contribution in [3.8, 4) is 0 Å². The number of hydrogen-bond acceptors (Lipinski definition) is 3. The number of benzene rings is 1. The van der Waals surface area contributed by atoms with Crippen molar-refractivity contribution >= 4 is 45.3 Å². The molecule has 0 atom stereocenters. The maximum atomic E-state index is 12.6. The van der Waals surface area contributed by atoms with Gasteiger partial charge in [0.1, 0.15) is 0 Å². The summed E-state index contributed by atoms with van der Waals surface area (Å²) in [4.78, 5) is 21.7. The Morgan fingerprint density at radius 3 is 2.45 bits per heavy atom. The fraction of sp³-hybridized carbons (Fsp3) is 0.273. The van der Waals surface area contributed by atoms with Crippen molar-refractivity contribution in [3.05, 3.63) is 28.2 Å². The molecule has 1 rings (SSSR count). The van der Waals surface area contributed by atoms with Crippen LogP contribution in [0.5, 0.6) is 0 Å². The van der Waals surface area contributed by atoms with Crippen molar-refractivity contribution in [2.75, 3.05) is 16.8 Å². The molecule has 0 aliphatic carbocycles. The van der Waals surface area contributed by atoms with Gasteiger partial charge in [0, 0.05) is 10.2 Å². The van der Waals surface area contributed by atoms with Crippen molar-refractivity contribution in [1.29, 1.82) is 0 Å². The summed E-state index contributed by atoms with van der Waals surface area (Å²) in [6, 6.07) is 3.04. The number of hydrogen-bond donors (Lipinski definition) is 2. The molecule has 0 bridgehead atoms. The predicted molar refractivity (Wildman–Crippen MR) is 72.7 cm³/mol. The number of amides is 1. The predicted octanol–water partition coefficient (Wildman–Crippen LogP) is 3.22. The molecule has 0 aliphatic heterocycles. The minimum absolute atomic E-state index is 0.00683. The number of anilines is 1. The Kier molecular flexibility index (Phi) is 5.88. The van der Waals surface area contributed by atoms with E-state index in [1.54, 1.807) is 0 Å². The normalized spacial score (nSPS) is 11.2. The quantitative estimate of drug-likeness (QED) is 0.833. The first kappa shape index (κ1) is 16.8. The number of carboxylic acid groups (broad SMARTS) is 1. The highest BCUT2D eigenvalue weighted by molar-refractivity contribution is 9.10. The molecule has 0 radical (unpaired) electrons. The number of carbonyl (C=O) groups excluding carboxylic acids is 1. The lowest BCUT2D eigenvalue weighted by Crippen LogP contribution is -2.16. The van der Waals surface area contributed by atoms with E-state index in [1.165, 1.54) is 6.07 Å². The summed E-state index contributed by atoms with van der Waals surface area (Å²) < 4.78 is 37.9. The molecular formula is C11H9BrF3NO3S. The first-order valence-corrected chi connectivity index (χ1v) is 7.10. The first-order chi connectivity index (χ1) is 9.18. The van der Waals surface area contributed by atoms with Crippen molar-refractivity contribution in [1.82, 2.24) is 0 Å². The fourth-order valence-electron chi connectivity index (χ4n) is 1.25. The smallest absolute Gasteiger partial charge is 0.416 e. The van der Waals surface area contributed by atoms with Crippen molar-refractivity contribution in [2.45, 2.75) is 6.18 Å². The number of carbonyl (C=O) groups is 2. The van der Waals surface area contributed by atoms with E-state index < -0.39 is 23.6 Å². The van der Waals surface area contributed by atoms with Crippen LogP contribution in [0.25, 0.3) is 0 Å². The van der Waals surface area contributed by atoms with E-state index in [1.807, 2.05) is 0 Å². The summed E-state index contributed by atoms with van der Waals surface area (Å²) in [5.74, 6) is -2.04. The molecule has 0 saturated carbocycles. The van der Waals surface area contributed by atoms with Gasteiger partial charge in [-0.25, -0.2) is 0 Å². The van der Waals surface area contributed by atoms with Gasteiger partial charge < -0.3 is 10.4 Å². The topological polar surface area (TPSA) is 66.4 Å². The lowest BCUT2D eigenvalue weighted by molar-refractivity contribution is -0.137. The van der Waals surface area contributed by atoms with Gasteiger partial charge >= 0.3 is 12.1 Å². The van der Waals surface area contributed by atoms with Gasteiger partial charge in [-0.2, -0.15) is 13.2 Å². The van der Waals surface area contributed by atoms with E-state index >= 15 is 0 Å². The summed E-state index contributed by atoms with van der Waals surface area (Å²) in [6.07, 6.45) is -4.51. The fourth-order valence-corrected chi connectivity index (χ4v) is 2.28. The van der Waals surface area contributed by atoms with Crippen LogP contribution >= 0.6 is 27.7 Å². The van der Waals surface area contributed by atoms with E-state index in [4.69, 9.17) is 5.11 Å². The molecule has 20 heavy (non-hydrogen) atoms. The van der Waals surface area contributed by atoms with Gasteiger partial charge in [0.2, 0.25) is 5.91 Å². The summed E-state index contributed by atoms with van der Waals surface area (Å²) in [5.41, 5.74) is -0.895. The lowest BCUT2D eigenvalue weighted by Gasteiger charge is -2.11. The molecule has 0 aliphatic rings. The van der Waals surface area contributed by atoms with Crippen LogP contribution in [-0.2, 0) is 15.8 Å². The highest BCUT2D eigenvalue weighted by Crippen LogP contribution is 2.33. The van der Waals surface area contributed by atoms with Crippen LogP contribution in [0, 0.1) is 0 Å². The van der Waals surface area contributed by atoms with Crippen molar-refractivity contribution in [3.63, 3.8) is 0 Å². The molecule has 0 aromatic heterocycles. The number of aliphatic carboxylic acids is 1. The van der Waals surface area contributed by atoms with Gasteiger partial charge in [0.15, 0.2) is 0 Å². The Balaban J connectivity index is 2.70. The van der Waals surface area contributed by atoms with Crippen molar-refractivity contribution < 1.29 is 27.9 Å². The Morgan fingerprint density at radius 2 is 1.90 bits per heavy atom. The molecule has 0 saturated heterocycles. The molecule has 4 nitrogen and oxygen atoms in total. The molecule has 0 spiro atoms. The molecule has 0 heterocycles. The molecule has 9 heteroatoms. The molecule has 2 N–H and O–H groups in total. The molecule has 0 unspecified atom stereocenters. The highest BCUT2D eigenvalue weighted by atomic mass is 79.9. The number of halogens is 4. The first-order valence-electron chi connectivity index (χ1n) is 5.15. The largest absolute Gasteiger partial charge is 0.481 e. The summed E-state index contributed by atoms with van der Waals surface area (Å²) in [5, 5.41) is 10.7. The molecule has 110 valence electrons. The molecule has 0 fully saturated rings. The molecule has 1 amide bonds. The summed E-state index contributed by atoms with van der Waals surface area (Å²) >= 11 is 3.79. The molecular weight excluding hydrogens is 363 g/mol. The van der Waals surface area contributed by atoms with Gasteiger partial charge in [-0.15, -0.1) is 11.8 Å². The highest BCUT2D eigenvalue weighted by Gasteiger charge is 2.31. The van der Waals surface area contributed by atoms with Gasteiger partial charge in [-0.05, 0) is 18.2 Å². The van der Waals surface area contributed by atoms with Crippen LogP contribution < -0.4 is 5.32 Å². The van der Waals surface area contributed by atoms with Crippen LogP contribution in [0.2, 0.25) is 0 Å². The zero-order chi connectivity index (χ0) is 15.3. The maximum Gasteiger partial charge on any atom is 0.416 e. The summed E-state index contributed by atoms with van der Waals surface area (Å²) in [6.45, 7) is 0.